The highest BCUT2D eigenvalue weighted by Gasteiger charge is 2.60. The summed E-state index contributed by atoms with van der Waals surface area (Å²) in [5.74, 6) is 0.0866. The SMILES string of the molecule is C=CC1CC1(C(=O)OCC[N+](C)(C)C)c1ccccc1. The molecular weight excluding hydrogens is 250 g/mol. The summed E-state index contributed by atoms with van der Waals surface area (Å²) >= 11 is 0. The Labute approximate surface area is 121 Å². The van der Waals surface area contributed by atoms with Crippen molar-refractivity contribution in [2.75, 3.05) is 34.3 Å². The van der Waals surface area contributed by atoms with Crippen LogP contribution in [0.5, 0.6) is 0 Å². The fraction of sp³-hybridized carbons (Fsp3) is 0.471. The molecule has 0 radical (unpaired) electrons. The Kier molecular flexibility index (Phi) is 4.00. The van der Waals surface area contributed by atoms with E-state index in [0.717, 1.165) is 23.0 Å². The smallest absolute Gasteiger partial charge is 0.317 e. The van der Waals surface area contributed by atoms with Crippen LogP contribution in [0.25, 0.3) is 0 Å². The number of esters is 1. The van der Waals surface area contributed by atoms with Gasteiger partial charge >= 0.3 is 5.97 Å². The highest BCUT2D eigenvalue weighted by Crippen LogP contribution is 2.55. The third kappa shape index (κ3) is 2.93. The molecule has 0 amide bonds. The number of hydrogen-bond donors (Lipinski definition) is 0. The zero-order valence-electron chi connectivity index (χ0n) is 12.6. The first-order valence-corrected chi connectivity index (χ1v) is 7.06. The maximum absolute atomic E-state index is 12.5. The maximum Gasteiger partial charge on any atom is 0.317 e. The van der Waals surface area contributed by atoms with Crippen LogP contribution >= 0.6 is 0 Å². The Morgan fingerprint density at radius 3 is 2.55 bits per heavy atom. The minimum Gasteiger partial charge on any atom is -0.459 e. The predicted octanol–water partition coefficient (Wildman–Crippen LogP) is 2.38. The number of hydrogen-bond acceptors (Lipinski definition) is 2. The standard InChI is InChI=1S/C17H24NO2/c1-5-14-13-17(14,15-9-7-6-8-10-15)16(19)20-12-11-18(2,3)4/h5-10,14H,1,11-13H2,2-4H3/q+1. The van der Waals surface area contributed by atoms with Gasteiger partial charge < -0.3 is 9.22 Å². The van der Waals surface area contributed by atoms with E-state index >= 15 is 0 Å². The van der Waals surface area contributed by atoms with Gasteiger partial charge in [-0.1, -0.05) is 36.4 Å². The van der Waals surface area contributed by atoms with Gasteiger partial charge in [-0.25, -0.2) is 0 Å². The second-order valence-corrected chi connectivity index (χ2v) is 6.53. The van der Waals surface area contributed by atoms with Crippen LogP contribution in [-0.4, -0.2) is 44.7 Å². The molecule has 1 fully saturated rings. The molecule has 0 saturated heterocycles. The zero-order chi connectivity index (χ0) is 14.8. The molecule has 1 aromatic carbocycles. The Bertz CT molecular complexity index is 489. The monoisotopic (exact) mass is 274 g/mol. The molecule has 108 valence electrons. The van der Waals surface area contributed by atoms with Gasteiger partial charge in [-0.05, 0) is 17.9 Å². The molecule has 2 rings (SSSR count). The topological polar surface area (TPSA) is 26.3 Å². The van der Waals surface area contributed by atoms with Gasteiger partial charge in [-0.15, -0.1) is 6.58 Å². The van der Waals surface area contributed by atoms with Gasteiger partial charge in [0.1, 0.15) is 13.2 Å². The lowest BCUT2D eigenvalue weighted by atomic mass is 9.93. The number of ether oxygens (including phenoxy) is 1. The molecule has 1 saturated carbocycles. The molecule has 2 unspecified atom stereocenters. The molecule has 0 bridgehead atoms. The number of carbonyl (C=O) groups is 1. The van der Waals surface area contributed by atoms with E-state index in [1.807, 2.05) is 36.4 Å². The van der Waals surface area contributed by atoms with E-state index in [2.05, 4.69) is 27.7 Å². The normalized spacial score (nSPS) is 25.1. The van der Waals surface area contributed by atoms with Gasteiger partial charge in [-0.3, -0.25) is 4.79 Å². The largest absolute Gasteiger partial charge is 0.459 e. The lowest BCUT2D eigenvalue weighted by Crippen LogP contribution is -2.39. The number of nitrogens with zero attached hydrogens (tertiary/aromatic N) is 1. The van der Waals surface area contributed by atoms with Gasteiger partial charge in [0.15, 0.2) is 0 Å². The Balaban J connectivity index is 2.07. The van der Waals surface area contributed by atoms with Crippen LogP contribution in [0, 0.1) is 5.92 Å². The number of likely N-dealkylation sites (N-methyl/N-ethyl adjacent to an activating group) is 1. The van der Waals surface area contributed by atoms with Crippen molar-refractivity contribution in [3.8, 4) is 0 Å². The van der Waals surface area contributed by atoms with Crippen LogP contribution in [0.1, 0.15) is 12.0 Å². The molecule has 3 heteroatoms. The van der Waals surface area contributed by atoms with E-state index in [1.54, 1.807) is 0 Å². The highest BCUT2D eigenvalue weighted by atomic mass is 16.5. The number of quaternary nitrogens is 1. The third-order valence-corrected chi connectivity index (χ3v) is 3.95. The van der Waals surface area contributed by atoms with Crippen LogP contribution < -0.4 is 0 Å². The van der Waals surface area contributed by atoms with Crippen molar-refractivity contribution in [3.63, 3.8) is 0 Å². The molecule has 1 aliphatic rings. The number of carbonyl (C=O) groups excluding carboxylic acids is 1. The van der Waals surface area contributed by atoms with E-state index in [1.165, 1.54) is 0 Å². The summed E-state index contributed by atoms with van der Waals surface area (Å²) in [6, 6.07) is 9.91. The number of rotatable bonds is 6. The lowest BCUT2D eigenvalue weighted by molar-refractivity contribution is -0.870. The average Bonchev–Trinajstić information content (AvgIpc) is 3.14. The van der Waals surface area contributed by atoms with E-state index in [4.69, 9.17) is 4.74 Å². The Hall–Kier alpha value is -1.61. The molecule has 0 aromatic heterocycles. The molecule has 2 atom stereocenters. The minimum atomic E-state index is -0.492. The second kappa shape index (κ2) is 5.41. The quantitative estimate of drug-likeness (QED) is 0.452. The molecule has 20 heavy (non-hydrogen) atoms. The van der Waals surface area contributed by atoms with Crippen molar-refractivity contribution < 1.29 is 14.0 Å². The summed E-state index contributed by atoms with van der Waals surface area (Å²) in [7, 11) is 6.26. The van der Waals surface area contributed by atoms with Crippen molar-refractivity contribution in [1.29, 1.82) is 0 Å². The summed E-state index contributed by atoms with van der Waals surface area (Å²) < 4.78 is 6.32. The van der Waals surface area contributed by atoms with Crippen LogP contribution in [-0.2, 0) is 14.9 Å². The molecule has 1 aromatic rings. The fourth-order valence-electron chi connectivity index (χ4n) is 2.53. The lowest BCUT2D eigenvalue weighted by Gasteiger charge is -2.24. The van der Waals surface area contributed by atoms with Gasteiger partial charge in [0.05, 0.1) is 26.6 Å². The molecule has 0 heterocycles. The van der Waals surface area contributed by atoms with Crippen molar-refractivity contribution in [1.82, 2.24) is 0 Å². The maximum atomic E-state index is 12.5. The van der Waals surface area contributed by atoms with Crippen molar-refractivity contribution in [2.45, 2.75) is 11.8 Å². The molecule has 0 spiro atoms. The van der Waals surface area contributed by atoms with E-state index in [0.29, 0.717) is 6.61 Å². The van der Waals surface area contributed by atoms with Crippen molar-refractivity contribution in [2.24, 2.45) is 5.92 Å². The van der Waals surface area contributed by atoms with Crippen LogP contribution in [0.2, 0.25) is 0 Å². The number of benzene rings is 1. The molecule has 0 N–H and O–H groups in total. The van der Waals surface area contributed by atoms with Gasteiger partial charge in [0.2, 0.25) is 0 Å². The highest BCUT2D eigenvalue weighted by molar-refractivity contribution is 5.88. The van der Waals surface area contributed by atoms with Gasteiger partial charge in [-0.2, -0.15) is 0 Å². The molecule has 3 nitrogen and oxygen atoms in total. The van der Waals surface area contributed by atoms with Gasteiger partial charge in [0, 0.05) is 0 Å². The summed E-state index contributed by atoms with van der Waals surface area (Å²) in [6.45, 7) is 5.11. The molecule has 1 aliphatic carbocycles. The van der Waals surface area contributed by atoms with Crippen LogP contribution in [0.3, 0.4) is 0 Å². The van der Waals surface area contributed by atoms with E-state index in [-0.39, 0.29) is 11.9 Å². The summed E-state index contributed by atoms with van der Waals surface area (Å²) in [5.41, 5.74) is 0.550. The van der Waals surface area contributed by atoms with E-state index in [9.17, 15) is 4.79 Å². The summed E-state index contributed by atoms with van der Waals surface area (Å²) in [4.78, 5) is 12.5. The minimum absolute atomic E-state index is 0.109. The van der Waals surface area contributed by atoms with Crippen molar-refractivity contribution >= 4 is 5.97 Å². The third-order valence-electron chi connectivity index (χ3n) is 3.95. The van der Waals surface area contributed by atoms with Crippen LogP contribution in [0.4, 0.5) is 0 Å². The van der Waals surface area contributed by atoms with E-state index < -0.39 is 5.41 Å². The van der Waals surface area contributed by atoms with Crippen LogP contribution in [0.15, 0.2) is 43.0 Å². The molecular formula is C17H24NO2+. The fourth-order valence-corrected chi connectivity index (χ4v) is 2.53. The first-order chi connectivity index (χ1) is 9.40. The predicted molar refractivity (Wildman–Crippen MR) is 80.3 cm³/mol. The second-order valence-electron chi connectivity index (χ2n) is 6.53. The van der Waals surface area contributed by atoms with Gasteiger partial charge in [0.25, 0.3) is 0 Å². The number of allylic oxidation sites excluding steroid dienone is 1. The first kappa shape index (κ1) is 14.8. The molecule has 0 aliphatic heterocycles. The Morgan fingerprint density at radius 2 is 2.05 bits per heavy atom. The summed E-state index contributed by atoms with van der Waals surface area (Å²) in [6.07, 6.45) is 2.68. The zero-order valence-corrected chi connectivity index (χ0v) is 12.6. The van der Waals surface area contributed by atoms with Crippen molar-refractivity contribution in [3.05, 3.63) is 48.6 Å². The summed E-state index contributed by atoms with van der Waals surface area (Å²) in [5, 5.41) is 0. The Morgan fingerprint density at radius 1 is 1.40 bits per heavy atom. The average molecular weight is 274 g/mol. The first-order valence-electron chi connectivity index (χ1n) is 7.06.